The molecule has 0 N–H and O–H groups in total. The van der Waals surface area contributed by atoms with E-state index in [4.69, 9.17) is 0 Å². The molecule has 126 valence electrons. The Kier molecular flexibility index (Phi) is 4.32. The lowest BCUT2D eigenvalue weighted by atomic mass is 9.98. The largest absolute Gasteiger partial charge is 0.299 e. The van der Waals surface area contributed by atoms with Crippen molar-refractivity contribution in [3.05, 3.63) is 96.1 Å². The molecule has 0 bridgehead atoms. The lowest BCUT2D eigenvalue weighted by Crippen LogP contribution is -2.10. The van der Waals surface area contributed by atoms with Gasteiger partial charge in [-0.15, -0.1) is 0 Å². The van der Waals surface area contributed by atoms with Crippen molar-refractivity contribution in [2.75, 3.05) is 0 Å². The molecule has 4 aromatic carbocycles. The second-order valence-corrected chi connectivity index (χ2v) is 6.56. The second-order valence-electron chi connectivity index (χ2n) is 6.56. The van der Waals surface area contributed by atoms with E-state index in [2.05, 4.69) is 0 Å². The van der Waals surface area contributed by atoms with E-state index < -0.39 is 0 Å². The molecule has 0 fully saturated rings. The van der Waals surface area contributed by atoms with Gasteiger partial charge in [0.2, 0.25) is 0 Å². The van der Waals surface area contributed by atoms with Crippen LogP contribution in [-0.2, 0) is 11.2 Å². The Morgan fingerprint density at radius 3 is 1.88 bits per heavy atom. The fourth-order valence-corrected chi connectivity index (χ4v) is 3.28. The molecule has 0 spiro atoms. The highest BCUT2D eigenvalue weighted by Crippen LogP contribution is 2.19. The molecular formula is C24H18O2. The molecule has 0 aliphatic rings. The van der Waals surface area contributed by atoms with Crippen LogP contribution in [-0.4, -0.2) is 11.6 Å². The lowest BCUT2D eigenvalue weighted by Gasteiger charge is -2.05. The fourth-order valence-electron chi connectivity index (χ4n) is 3.28. The number of hydrogen-bond acceptors (Lipinski definition) is 2. The molecule has 26 heavy (non-hydrogen) atoms. The van der Waals surface area contributed by atoms with Gasteiger partial charge in [-0.1, -0.05) is 78.9 Å². The van der Waals surface area contributed by atoms with Crippen LogP contribution in [0.15, 0.2) is 84.9 Å². The minimum absolute atomic E-state index is 0.0570. The minimum Gasteiger partial charge on any atom is -0.299 e. The van der Waals surface area contributed by atoms with Crippen LogP contribution in [0.1, 0.15) is 22.3 Å². The highest BCUT2D eigenvalue weighted by atomic mass is 16.1. The van der Waals surface area contributed by atoms with Crippen molar-refractivity contribution in [1.82, 2.24) is 0 Å². The first-order valence-corrected chi connectivity index (χ1v) is 8.70. The summed E-state index contributed by atoms with van der Waals surface area (Å²) < 4.78 is 0. The number of carbonyl (C=O) groups is 2. The maximum Gasteiger partial charge on any atom is 0.170 e. The standard InChI is InChI=1S/C24H18O2/c25-23(14-17-9-10-18-5-1-3-7-20(18)13-17)16-24(26)22-12-11-19-6-2-4-8-21(19)15-22/h1-13,15H,14,16H2. The van der Waals surface area contributed by atoms with Crippen molar-refractivity contribution in [3.8, 4) is 0 Å². The monoisotopic (exact) mass is 338 g/mol. The van der Waals surface area contributed by atoms with Crippen LogP contribution in [0.3, 0.4) is 0 Å². The van der Waals surface area contributed by atoms with Crippen LogP contribution in [0.4, 0.5) is 0 Å². The van der Waals surface area contributed by atoms with Crippen LogP contribution >= 0.6 is 0 Å². The van der Waals surface area contributed by atoms with Gasteiger partial charge in [0.25, 0.3) is 0 Å². The first kappa shape index (κ1) is 16.2. The van der Waals surface area contributed by atoms with E-state index in [9.17, 15) is 9.59 Å². The summed E-state index contributed by atoms with van der Waals surface area (Å²) in [5, 5.41) is 4.36. The summed E-state index contributed by atoms with van der Waals surface area (Å²) in [6.07, 6.45) is 0.218. The number of hydrogen-bond donors (Lipinski definition) is 0. The highest BCUT2D eigenvalue weighted by Gasteiger charge is 2.13. The number of carbonyl (C=O) groups excluding carboxylic acids is 2. The van der Waals surface area contributed by atoms with E-state index in [1.54, 1.807) is 6.07 Å². The summed E-state index contributed by atoms with van der Waals surface area (Å²) in [5.41, 5.74) is 1.54. The maximum atomic E-state index is 12.5. The third kappa shape index (κ3) is 3.40. The average molecular weight is 338 g/mol. The van der Waals surface area contributed by atoms with E-state index in [0.717, 1.165) is 27.1 Å². The van der Waals surface area contributed by atoms with Crippen molar-refractivity contribution < 1.29 is 9.59 Å². The van der Waals surface area contributed by atoms with Crippen LogP contribution < -0.4 is 0 Å². The molecule has 0 atom stereocenters. The molecule has 2 heteroatoms. The molecular weight excluding hydrogens is 320 g/mol. The van der Waals surface area contributed by atoms with Crippen molar-refractivity contribution in [3.63, 3.8) is 0 Å². The topological polar surface area (TPSA) is 34.1 Å². The van der Waals surface area contributed by atoms with Gasteiger partial charge in [0.15, 0.2) is 5.78 Å². The van der Waals surface area contributed by atoms with Crippen LogP contribution in [0.2, 0.25) is 0 Å². The predicted molar refractivity (Wildman–Crippen MR) is 106 cm³/mol. The Balaban J connectivity index is 1.48. The van der Waals surface area contributed by atoms with Gasteiger partial charge in [0.05, 0.1) is 6.42 Å². The molecule has 4 rings (SSSR count). The molecule has 2 nitrogen and oxygen atoms in total. The van der Waals surface area contributed by atoms with E-state index in [1.165, 1.54) is 0 Å². The van der Waals surface area contributed by atoms with Crippen molar-refractivity contribution in [2.24, 2.45) is 0 Å². The number of fused-ring (bicyclic) bond motifs is 2. The normalized spacial score (nSPS) is 10.9. The zero-order valence-corrected chi connectivity index (χ0v) is 14.3. The van der Waals surface area contributed by atoms with Gasteiger partial charge in [-0.2, -0.15) is 0 Å². The van der Waals surface area contributed by atoms with E-state index in [1.807, 2.05) is 78.9 Å². The predicted octanol–water partition coefficient (Wildman–Crippen LogP) is 5.38. The zero-order valence-electron chi connectivity index (χ0n) is 14.3. The molecule has 0 aromatic heterocycles. The van der Waals surface area contributed by atoms with Crippen molar-refractivity contribution in [1.29, 1.82) is 0 Å². The van der Waals surface area contributed by atoms with Crippen LogP contribution in [0, 0.1) is 0 Å². The summed E-state index contributed by atoms with van der Waals surface area (Å²) in [7, 11) is 0. The third-order valence-electron chi connectivity index (χ3n) is 4.64. The van der Waals surface area contributed by atoms with Gasteiger partial charge in [0.1, 0.15) is 5.78 Å². The summed E-state index contributed by atoms with van der Waals surface area (Å²) in [4.78, 5) is 24.9. The Hall–Kier alpha value is -3.26. The zero-order chi connectivity index (χ0) is 17.9. The smallest absolute Gasteiger partial charge is 0.170 e. The number of rotatable bonds is 5. The van der Waals surface area contributed by atoms with Crippen molar-refractivity contribution in [2.45, 2.75) is 12.8 Å². The van der Waals surface area contributed by atoms with E-state index in [0.29, 0.717) is 5.56 Å². The van der Waals surface area contributed by atoms with E-state index >= 15 is 0 Å². The van der Waals surface area contributed by atoms with Gasteiger partial charge in [-0.25, -0.2) is 0 Å². The fraction of sp³-hybridized carbons (Fsp3) is 0.0833. The lowest BCUT2D eigenvalue weighted by molar-refractivity contribution is -0.117. The average Bonchev–Trinajstić information content (AvgIpc) is 2.67. The first-order valence-electron chi connectivity index (χ1n) is 8.70. The summed E-state index contributed by atoms with van der Waals surface area (Å²) in [5.74, 6) is -0.181. The Bertz CT molecular complexity index is 1130. The van der Waals surface area contributed by atoms with Crippen LogP contribution in [0.5, 0.6) is 0 Å². The third-order valence-corrected chi connectivity index (χ3v) is 4.64. The Labute approximate surface area is 152 Å². The molecule has 0 heterocycles. The highest BCUT2D eigenvalue weighted by molar-refractivity contribution is 6.09. The van der Waals surface area contributed by atoms with Gasteiger partial charge < -0.3 is 0 Å². The van der Waals surface area contributed by atoms with Gasteiger partial charge in [0, 0.05) is 12.0 Å². The quantitative estimate of drug-likeness (QED) is 0.362. The molecule has 0 aliphatic heterocycles. The molecule has 0 unspecified atom stereocenters. The van der Waals surface area contributed by atoms with Crippen LogP contribution in [0.25, 0.3) is 21.5 Å². The molecule has 0 saturated carbocycles. The van der Waals surface area contributed by atoms with Crippen molar-refractivity contribution >= 4 is 33.1 Å². The number of benzene rings is 4. The molecule has 0 saturated heterocycles. The molecule has 4 aromatic rings. The SMILES string of the molecule is O=C(CC(=O)c1ccc2ccccc2c1)Cc1ccc2ccccc2c1. The molecule has 0 radical (unpaired) electrons. The molecule has 0 amide bonds. The summed E-state index contributed by atoms with van der Waals surface area (Å²) >= 11 is 0. The molecule has 0 aliphatic carbocycles. The summed E-state index contributed by atoms with van der Waals surface area (Å²) in [6, 6.07) is 27.5. The Morgan fingerprint density at radius 1 is 0.615 bits per heavy atom. The summed E-state index contributed by atoms with van der Waals surface area (Å²) in [6.45, 7) is 0. The Morgan fingerprint density at radius 2 is 1.19 bits per heavy atom. The number of ketones is 2. The minimum atomic E-state index is -0.124. The van der Waals surface area contributed by atoms with Gasteiger partial charge in [-0.3, -0.25) is 9.59 Å². The van der Waals surface area contributed by atoms with E-state index in [-0.39, 0.29) is 24.4 Å². The maximum absolute atomic E-state index is 12.5. The van der Waals surface area contributed by atoms with Gasteiger partial charge >= 0.3 is 0 Å². The van der Waals surface area contributed by atoms with Gasteiger partial charge in [-0.05, 0) is 33.2 Å². The second kappa shape index (κ2) is 6.93. The first-order chi connectivity index (χ1) is 12.7. The number of Topliss-reactive ketones (excluding diaryl/α,β-unsaturated/α-hetero) is 2.